The number of para-hydroxylation sites is 1. The molecule has 0 saturated carbocycles. The third-order valence-corrected chi connectivity index (χ3v) is 6.31. The number of aliphatic hydroxyl groups is 1. The fourth-order valence-electron chi connectivity index (χ4n) is 3.06. The van der Waals surface area contributed by atoms with Gasteiger partial charge in [0.05, 0.1) is 17.1 Å². The van der Waals surface area contributed by atoms with Crippen molar-refractivity contribution >= 4 is 27.7 Å². The number of sulfonamides is 1. The number of ether oxygens (including phenoxy) is 1. The number of benzene rings is 2. The Bertz CT molecular complexity index is 1310. The van der Waals surface area contributed by atoms with Gasteiger partial charge in [0.15, 0.2) is 6.61 Å². The Hall–Kier alpha value is -4.29. The Labute approximate surface area is 213 Å². The van der Waals surface area contributed by atoms with Gasteiger partial charge in [0.25, 0.3) is 27.7 Å². The molecule has 11 nitrogen and oxygen atoms in total. The van der Waals surface area contributed by atoms with Crippen LogP contribution in [0.1, 0.15) is 26.4 Å². The number of nitrogens with one attached hydrogen (secondary N) is 3. The van der Waals surface area contributed by atoms with Gasteiger partial charge in [-0.3, -0.25) is 19.4 Å². The molecule has 0 aliphatic heterocycles. The van der Waals surface area contributed by atoms with E-state index in [1.165, 1.54) is 24.3 Å². The van der Waals surface area contributed by atoms with E-state index in [1.807, 2.05) is 10.8 Å². The molecule has 0 saturated heterocycles. The van der Waals surface area contributed by atoms with Crippen molar-refractivity contribution in [1.29, 1.82) is 0 Å². The summed E-state index contributed by atoms with van der Waals surface area (Å²) in [5.74, 6) is -1.12. The molecule has 12 heteroatoms. The average molecular weight is 527 g/mol. The van der Waals surface area contributed by atoms with Gasteiger partial charge in [0.2, 0.25) is 0 Å². The number of aromatic nitrogens is 1. The zero-order valence-corrected chi connectivity index (χ0v) is 20.5. The van der Waals surface area contributed by atoms with Gasteiger partial charge in [-0.05, 0) is 48.4 Å². The van der Waals surface area contributed by atoms with Crippen LogP contribution in [0, 0.1) is 0 Å². The van der Waals surface area contributed by atoms with Crippen molar-refractivity contribution in [2.75, 3.05) is 26.3 Å². The summed E-state index contributed by atoms with van der Waals surface area (Å²) in [5.41, 5.74) is 0.753. The number of hydrogen-bond donors (Lipinski definition) is 4. The molecule has 4 N–H and O–H groups in total. The third-order valence-electron chi connectivity index (χ3n) is 4.97. The van der Waals surface area contributed by atoms with Crippen molar-refractivity contribution in [3.8, 4) is 5.75 Å². The first-order valence-electron chi connectivity index (χ1n) is 11.2. The second kappa shape index (κ2) is 13.1. The lowest BCUT2D eigenvalue weighted by Gasteiger charge is -2.09. The van der Waals surface area contributed by atoms with Crippen LogP contribution >= 0.6 is 0 Å². The summed E-state index contributed by atoms with van der Waals surface area (Å²) in [6.07, 6.45) is 1.55. The summed E-state index contributed by atoms with van der Waals surface area (Å²) in [7, 11) is -4.15. The lowest BCUT2D eigenvalue weighted by atomic mass is 10.1. The molecule has 3 rings (SSSR count). The van der Waals surface area contributed by atoms with Crippen LogP contribution < -0.4 is 20.1 Å². The lowest BCUT2D eigenvalue weighted by molar-refractivity contribution is -0.123. The van der Waals surface area contributed by atoms with Gasteiger partial charge in [-0.15, -0.1) is 0 Å². The summed E-state index contributed by atoms with van der Waals surface area (Å²) in [6.45, 7) is 0.0429. The Morgan fingerprint density at radius 1 is 0.865 bits per heavy atom. The first-order valence-corrected chi connectivity index (χ1v) is 12.7. The van der Waals surface area contributed by atoms with Crippen molar-refractivity contribution in [1.82, 2.24) is 20.3 Å². The van der Waals surface area contributed by atoms with Gasteiger partial charge in [-0.25, -0.2) is 13.1 Å². The third kappa shape index (κ3) is 8.40. The maximum Gasteiger partial charge on any atom is 0.269 e. The minimum absolute atomic E-state index is 0.0170. The van der Waals surface area contributed by atoms with Crippen LogP contribution in [0.5, 0.6) is 5.75 Å². The summed E-state index contributed by atoms with van der Waals surface area (Å²) in [6, 6.07) is 17.4. The van der Waals surface area contributed by atoms with E-state index in [1.54, 1.807) is 36.4 Å². The topological polar surface area (TPSA) is 164 Å². The normalized spacial score (nSPS) is 10.8. The predicted molar refractivity (Wildman–Crippen MR) is 133 cm³/mol. The van der Waals surface area contributed by atoms with Crippen molar-refractivity contribution in [3.63, 3.8) is 0 Å². The molecular formula is C25H26N4O7S. The van der Waals surface area contributed by atoms with Crippen LogP contribution in [0.15, 0.2) is 77.8 Å². The Morgan fingerprint density at radius 2 is 1.59 bits per heavy atom. The van der Waals surface area contributed by atoms with E-state index in [0.717, 1.165) is 11.8 Å². The van der Waals surface area contributed by atoms with Gasteiger partial charge >= 0.3 is 0 Å². The van der Waals surface area contributed by atoms with E-state index < -0.39 is 21.8 Å². The molecule has 0 radical (unpaired) electrons. The van der Waals surface area contributed by atoms with E-state index in [0.29, 0.717) is 18.7 Å². The predicted octanol–water partition coefficient (Wildman–Crippen LogP) is 0.660. The number of carbonyl (C=O) groups excluding carboxylic acids is 3. The van der Waals surface area contributed by atoms with Gasteiger partial charge in [0.1, 0.15) is 11.4 Å². The van der Waals surface area contributed by atoms with Crippen LogP contribution in [0.3, 0.4) is 0 Å². The van der Waals surface area contributed by atoms with Crippen LogP contribution in [-0.2, 0) is 21.2 Å². The Balaban J connectivity index is 1.48. The number of rotatable bonds is 12. The van der Waals surface area contributed by atoms with E-state index >= 15 is 0 Å². The fourth-order valence-corrected chi connectivity index (χ4v) is 4.03. The lowest BCUT2D eigenvalue weighted by Crippen LogP contribution is -2.31. The first-order chi connectivity index (χ1) is 17.8. The van der Waals surface area contributed by atoms with Gasteiger partial charge in [-0.2, -0.15) is 0 Å². The molecule has 2 aromatic carbocycles. The van der Waals surface area contributed by atoms with Crippen LogP contribution in [0.25, 0.3) is 0 Å². The summed E-state index contributed by atoms with van der Waals surface area (Å²) in [5, 5.41) is 13.9. The molecule has 0 fully saturated rings. The number of aliphatic hydroxyl groups excluding tert-OH is 1. The van der Waals surface area contributed by atoms with Crippen molar-refractivity contribution in [2.24, 2.45) is 0 Å². The molecule has 0 unspecified atom stereocenters. The van der Waals surface area contributed by atoms with Gasteiger partial charge < -0.3 is 20.5 Å². The maximum absolute atomic E-state index is 12.6. The highest BCUT2D eigenvalue weighted by molar-refractivity contribution is 7.90. The van der Waals surface area contributed by atoms with Crippen molar-refractivity contribution in [2.45, 2.75) is 11.3 Å². The van der Waals surface area contributed by atoms with Gasteiger partial charge in [-0.1, -0.05) is 30.3 Å². The minimum Gasteiger partial charge on any atom is -0.484 e. The molecule has 0 bridgehead atoms. The van der Waals surface area contributed by atoms with Gasteiger partial charge in [0, 0.05) is 19.3 Å². The number of hydrogen-bond acceptors (Lipinski definition) is 8. The molecule has 3 amide bonds. The van der Waals surface area contributed by atoms with Crippen molar-refractivity contribution < 1.29 is 32.6 Å². The maximum atomic E-state index is 12.6. The number of carbonyl (C=O) groups is 3. The van der Waals surface area contributed by atoms with Crippen LogP contribution in [-0.4, -0.2) is 62.5 Å². The largest absolute Gasteiger partial charge is 0.484 e. The minimum atomic E-state index is -4.15. The quantitative estimate of drug-likeness (QED) is 0.267. The zero-order chi connectivity index (χ0) is 26.7. The summed E-state index contributed by atoms with van der Waals surface area (Å²) in [4.78, 5) is 39.8. The average Bonchev–Trinajstić information content (AvgIpc) is 2.91. The molecule has 0 atom stereocenters. The van der Waals surface area contributed by atoms with Crippen LogP contribution in [0.4, 0.5) is 0 Å². The Morgan fingerprint density at radius 3 is 2.24 bits per heavy atom. The molecule has 3 aromatic rings. The van der Waals surface area contributed by atoms with E-state index in [-0.39, 0.29) is 41.8 Å². The standard InChI is InChI=1S/C25H26N4O7S/c30-15-14-27-25(33)22-11-8-19(16-28-22)24(32)29-37(34,35)21-9-6-18(7-10-21)12-13-26-23(31)17-36-20-4-2-1-3-5-20/h1-11,16,30H,12-15,17H2,(H,26,31)(H,27,33)(H,29,32). The SMILES string of the molecule is O=C(COc1ccccc1)NCCc1ccc(S(=O)(=O)NC(=O)c2ccc(C(=O)NCCO)nc2)cc1. The number of pyridine rings is 1. The number of amides is 3. The monoisotopic (exact) mass is 526 g/mol. The highest BCUT2D eigenvalue weighted by Gasteiger charge is 2.19. The Kier molecular flexibility index (Phi) is 9.69. The summed E-state index contributed by atoms with van der Waals surface area (Å²) >= 11 is 0. The van der Waals surface area contributed by atoms with E-state index in [9.17, 15) is 22.8 Å². The second-order valence-electron chi connectivity index (χ2n) is 7.69. The second-order valence-corrected chi connectivity index (χ2v) is 9.37. The highest BCUT2D eigenvalue weighted by atomic mass is 32.2. The molecule has 194 valence electrons. The molecule has 0 spiro atoms. The molecule has 1 aromatic heterocycles. The molecular weight excluding hydrogens is 500 g/mol. The fraction of sp³-hybridized carbons (Fsp3) is 0.200. The molecule has 0 aliphatic rings. The summed E-state index contributed by atoms with van der Waals surface area (Å²) < 4.78 is 32.5. The molecule has 0 aliphatic carbocycles. The van der Waals surface area contributed by atoms with E-state index in [2.05, 4.69) is 15.6 Å². The van der Waals surface area contributed by atoms with Crippen LogP contribution in [0.2, 0.25) is 0 Å². The molecule has 37 heavy (non-hydrogen) atoms. The molecule has 1 heterocycles. The number of nitrogens with zero attached hydrogens (tertiary/aromatic N) is 1. The smallest absolute Gasteiger partial charge is 0.269 e. The van der Waals surface area contributed by atoms with E-state index in [4.69, 9.17) is 9.84 Å². The zero-order valence-electron chi connectivity index (χ0n) is 19.7. The first kappa shape index (κ1) is 27.3. The van der Waals surface area contributed by atoms with Crippen molar-refractivity contribution in [3.05, 3.63) is 89.7 Å². The highest BCUT2D eigenvalue weighted by Crippen LogP contribution is 2.12.